The SMILES string of the molecule is Cl.O=C(N[C@H]1CCCNC1)c1ccc(Nc2ccccc2)c([N+](=O)[O-])c1. The summed E-state index contributed by atoms with van der Waals surface area (Å²) in [5.74, 6) is -0.289. The number of anilines is 2. The third-order valence-electron chi connectivity index (χ3n) is 4.14. The van der Waals surface area contributed by atoms with Crippen LogP contribution in [-0.4, -0.2) is 30.0 Å². The molecule has 1 aliphatic heterocycles. The summed E-state index contributed by atoms with van der Waals surface area (Å²) in [6.07, 6.45) is 1.92. The molecule has 2 aromatic carbocycles. The highest BCUT2D eigenvalue weighted by Crippen LogP contribution is 2.28. The Morgan fingerprint density at radius 3 is 2.62 bits per heavy atom. The predicted molar refractivity (Wildman–Crippen MR) is 103 cm³/mol. The number of nitro benzene ring substituents is 1. The molecule has 0 bridgehead atoms. The maximum absolute atomic E-state index is 12.4. The minimum absolute atomic E-state index is 0. The molecule has 0 aromatic heterocycles. The zero-order valence-electron chi connectivity index (χ0n) is 14.1. The molecular weight excluding hydrogens is 356 g/mol. The molecule has 26 heavy (non-hydrogen) atoms. The van der Waals surface area contributed by atoms with E-state index in [1.807, 2.05) is 30.3 Å². The number of para-hydroxylation sites is 1. The molecule has 3 rings (SSSR count). The highest BCUT2D eigenvalue weighted by molar-refractivity contribution is 5.96. The largest absolute Gasteiger partial charge is 0.350 e. The van der Waals surface area contributed by atoms with Gasteiger partial charge in [-0.05, 0) is 43.7 Å². The molecule has 1 aliphatic rings. The summed E-state index contributed by atoms with van der Waals surface area (Å²) < 4.78 is 0. The van der Waals surface area contributed by atoms with Crippen LogP contribution in [0.2, 0.25) is 0 Å². The maximum Gasteiger partial charge on any atom is 0.293 e. The van der Waals surface area contributed by atoms with Crippen LogP contribution in [0.15, 0.2) is 48.5 Å². The second-order valence-electron chi connectivity index (χ2n) is 6.00. The van der Waals surface area contributed by atoms with Gasteiger partial charge in [-0.25, -0.2) is 0 Å². The van der Waals surface area contributed by atoms with E-state index >= 15 is 0 Å². The number of piperidine rings is 1. The quantitative estimate of drug-likeness (QED) is 0.550. The van der Waals surface area contributed by atoms with Crippen LogP contribution < -0.4 is 16.0 Å². The molecule has 1 atom stereocenters. The van der Waals surface area contributed by atoms with E-state index in [9.17, 15) is 14.9 Å². The zero-order chi connectivity index (χ0) is 17.6. The van der Waals surface area contributed by atoms with Crippen LogP contribution >= 0.6 is 12.4 Å². The van der Waals surface area contributed by atoms with Gasteiger partial charge in [0.25, 0.3) is 11.6 Å². The first kappa shape index (κ1) is 19.7. The van der Waals surface area contributed by atoms with Gasteiger partial charge in [0.05, 0.1) is 4.92 Å². The number of nitro groups is 1. The number of carbonyl (C=O) groups excluding carboxylic acids is 1. The Morgan fingerprint density at radius 2 is 1.96 bits per heavy atom. The molecule has 0 unspecified atom stereocenters. The number of amides is 1. The van der Waals surface area contributed by atoms with Crippen molar-refractivity contribution in [1.29, 1.82) is 0 Å². The number of hydrogen-bond donors (Lipinski definition) is 3. The molecule has 7 nitrogen and oxygen atoms in total. The normalized spacial score (nSPS) is 16.2. The molecule has 0 saturated carbocycles. The van der Waals surface area contributed by atoms with E-state index in [2.05, 4.69) is 16.0 Å². The number of nitrogens with zero attached hydrogens (tertiary/aromatic N) is 1. The molecule has 1 heterocycles. The van der Waals surface area contributed by atoms with Gasteiger partial charge in [0.15, 0.2) is 0 Å². The van der Waals surface area contributed by atoms with Gasteiger partial charge in [0.1, 0.15) is 5.69 Å². The van der Waals surface area contributed by atoms with Gasteiger partial charge in [0.2, 0.25) is 0 Å². The molecule has 0 aliphatic carbocycles. The van der Waals surface area contributed by atoms with Gasteiger partial charge in [-0.15, -0.1) is 12.4 Å². The Hall–Kier alpha value is -2.64. The molecule has 8 heteroatoms. The molecule has 2 aromatic rings. The average Bonchev–Trinajstić information content (AvgIpc) is 2.63. The van der Waals surface area contributed by atoms with E-state index in [1.54, 1.807) is 12.1 Å². The third kappa shape index (κ3) is 4.93. The second kappa shape index (κ2) is 9.17. The first-order valence-electron chi connectivity index (χ1n) is 8.25. The smallest absolute Gasteiger partial charge is 0.293 e. The van der Waals surface area contributed by atoms with E-state index in [-0.39, 0.29) is 35.6 Å². The van der Waals surface area contributed by atoms with Crippen LogP contribution in [0.5, 0.6) is 0 Å². The summed E-state index contributed by atoms with van der Waals surface area (Å²) in [5.41, 5.74) is 1.26. The predicted octanol–water partition coefficient (Wildman–Crippen LogP) is 3.24. The summed E-state index contributed by atoms with van der Waals surface area (Å²) in [6, 6.07) is 13.7. The van der Waals surface area contributed by atoms with Crippen molar-refractivity contribution in [2.24, 2.45) is 0 Å². The van der Waals surface area contributed by atoms with Gasteiger partial charge < -0.3 is 16.0 Å². The maximum atomic E-state index is 12.4. The van der Waals surface area contributed by atoms with Crippen LogP contribution in [0, 0.1) is 10.1 Å². The van der Waals surface area contributed by atoms with Crippen LogP contribution in [0.25, 0.3) is 0 Å². The molecule has 1 fully saturated rings. The van der Waals surface area contributed by atoms with E-state index in [4.69, 9.17) is 0 Å². The van der Waals surface area contributed by atoms with Crippen LogP contribution in [-0.2, 0) is 0 Å². The van der Waals surface area contributed by atoms with E-state index in [0.717, 1.165) is 31.6 Å². The van der Waals surface area contributed by atoms with Gasteiger partial charge in [-0.2, -0.15) is 0 Å². The van der Waals surface area contributed by atoms with E-state index in [1.165, 1.54) is 6.07 Å². The van der Waals surface area contributed by atoms with Crippen LogP contribution in [0.3, 0.4) is 0 Å². The number of carbonyl (C=O) groups is 1. The first-order chi connectivity index (χ1) is 12.1. The van der Waals surface area contributed by atoms with Gasteiger partial charge in [-0.3, -0.25) is 14.9 Å². The summed E-state index contributed by atoms with van der Waals surface area (Å²) in [6.45, 7) is 1.68. The van der Waals surface area contributed by atoms with Crippen molar-refractivity contribution < 1.29 is 9.72 Å². The lowest BCUT2D eigenvalue weighted by Crippen LogP contribution is -2.45. The Balaban J connectivity index is 0.00000243. The van der Waals surface area contributed by atoms with Crippen LogP contribution in [0.4, 0.5) is 17.1 Å². The Labute approximate surface area is 157 Å². The number of nitrogens with one attached hydrogen (secondary N) is 3. The Kier molecular flexibility index (Phi) is 6.94. The number of hydrogen-bond acceptors (Lipinski definition) is 5. The summed E-state index contributed by atoms with van der Waals surface area (Å²) in [5, 5.41) is 20.6. The lowest BCUT2D eigenvalue weighted by Gasteiger charge is -2.23. The third-order valence-corrected chi connectivity index (χ3v) is 4.14. The van der Waals surface area contributed by atoms with Crippen molar-refractivity contribution in [2.75, 3.05) is 18.4 Å². The van der Waals surface area contributed by atoms with Crippen molar-refractivity contribution in [3.8, 4) is 0 Å². The highest BCUT2D eigenvalue weighted by Gasteiger charge is 2.20. The van der Waals surface area contributed by atoms with Crippen molar-refractivity contribution in [3.05, 3.63) is 64.2 Å². The van der Waals surface area contributed by atoms with Gasteiger partial charge in [0, 0.05) is 29.9 Å². The van der Waals surface area contributed by atoms with Gasteiger partial charge >= 0.3 is 0 Å². The topological polar surface area (TPSA) is 96.3 Å². The molecular formula is C18H21ClN4O3. The summed E-state index contributed by atoms with van der Waals surface area (Å²) >= 11 is 0. The number of rotatable bonds is 5. The molecule has 138 valence electrons. The van der Waals surface area contributed by atoms with E-state index < -0.39 is 4.92 Å². The zero-order valence-corrected chi connectivity index (χ0v) is 14.9. The monoisotopic (exact) mass is 376 g/mol. The molecule has 1 saturated heterocycles. The fourth-order valence-corrected chi connectivity index (χ4v) is 2.85. The molecule has 0 radical (unpaired) electrons. The van der Waals surface area contributed by atoms with Crippen LogP contribution in [0.1, 0.15) is 23.2 Å². The fourth-order valence-electron chi connectivity index (χ4n) is 2.85. The lowest BCUT2D eigenvalue weighted by atomic mass is 10.1. The average molecular weight is 377 g/mol. The van der Waals surface area contributed by atoms with Crippen molar-refractivity contribution >= 4 is 35.4 Å². The van der Waals surface area contributed by atoms with E-state index in [0.29, 0.717) is 5.69 Å². The molecule has 1 amide bonds. The first-order valence-corrected chi connectivity index (χ1v) is 8.25. The van der Waals surface area contributed by atoms with Crippen molar-refractivity contribution in [2.45, 2.75) is 18.9 Å². The lowest BCUT2D eigenvalue weighted by molar-refractivity contribution is -0.383. The molecule has 0 spiro atoms. The summed E-state index contributed by atoms with van der Waals surface area (Å²) in [7, 11) is 0. The Morgan fingerprint density at radius 1 is 1.19 bits per heavy atom. The minimum atomic E-state index is -0.482. The van der Waals surface area contributed by atoms with Crippen molar-refractivity contribution in [1.82, 2.24) is 10.6 Å². The van der Waals surface area contributed by atoms with Crippen molar-refractivity contribution in [3.63, 3.8) is 0 Å². The standard InChI is InChI=1S/C18H20N4O3.ClH/c23-18(21-15-7-4-10-19-12-15)13-8-9-16(17(11-13)22(24)25)20-14-5-2-1-3-6-14;/h1-3,5-6,8-9,11,15,19-20H,4,7,10,12H2,(H,21,23);1H/t15-;/m0./s1. The number of benzene rings is 2. The Bertz CT molecular complexity index is 764. The summed E-state index contributed by atoms with van der Waals surface area (Å²) in [4.78, 5) is 23.3. The van der Waals surface area contributed by atoms with Gasteiger partial charge in [-0.1, -0.05) is 18.2 Å². The second-order valence-corrected chi connectivity index (χ2v) is 6.00. The number of halogens is 1. The highest BCUT2D eigenvalue weighted by atomic mass is 35.5. The minimum Gasteiger partial charge on any atom is -0.350 e. The fraction of sp³-hybridized carbons (Fsp3) is 0.278. The molecule has 3 N–H and O–H groups in total.